The molecule has 2 aromatic rings. The second-order valence-corrected chi connectivity index (χ2v) is 3.63. The molecule has 0 fully saturated rings. The van der Waals surface area contributed by atoms with E-state index in [1.165, 1.54) is 12.3 Å². The number of hydrogen-bond acceptors (Lipinski definition) is 4. The highest BCUT2D eigenvalue weighted by Crippen LogP contribution is 2.23. The van der Waals surface area contributed by atoms with Crippen LogP contribution in [0, 0.1) is 5.82 Å². The SMILES string of the molecule is CNC(c1ccc(F)cn1)c1cnccc1N. The van der Waals surface area contributed by atoms with Crippen LogP contribution in [0.3, 0.4) is 0 Å². The maximum Gasteiger partial charge on any atom is 0.141 e. The molecule has 0 radical (unpaired) electrons. The molecule has 0 saturated carbocycles. The number of halogens is 1. The maximum atomic E-state index is 12.8. The molecule has 0 bridgehead atoms. The van der Waals surface area contributed by atoms with Crippen LogP contribution < -0.4 is 11.1 Å². The summed E-state index contributed by atoms with van der Waals surface area (Å²) in [6.45, 7) is 0. The standard InChI is InChI=1S/C12H13FN4/c1-15-12(9-7-16-5-4-10(9)14)11-3-2-8(13)6-17-11/h2-7,12,15H,1H3,(H2,14,16). The van der Waals surface area contributed by atoms with Gasteiger partial charge in [-0.25, -0.2) is 4.39 Å². The Hall–Kier alpha value is -2.01. The molecule has 2 heterocycles. The van der Waals surface area contributed by atoms with Gasteiger partial charge in [0.05, 0.1) is 17.9 Å². The predicted molar refractivity (Wildman–Crippen MR) is 63.7 cm³/mol. The third-order valence-corrected chi connectivity index (χ3v) is 2.53. The third-order valence-electron chi connectivity index (χ3n) is 2.53. The molecule has 3 N–H and O–H groups in total. The molecule has 2 aromatic heterocycles. The van der Waals surface area contributed by atoms with Crippen molar-refractivity contribution in [2.75, 3.05) is 12.8 Å². The summed E-state index contributed by atoms with van der Waals surface area (Å²) < 4.78 is 12.8. The lowest BCUT2D eigenvalue weighted by Gasteiger charge is -2.17. The minimum Gasteiger partial charge on any atom is -0.398 e. The lowest BCUT2D eigenvalue weighted by molar-refractivity contribution is 0.610. The summed E-state index contributed by atoms with van der Waals surface area (Å²) in [5.74, 6) is -0.359. The molecule has 0 spiro atoms. The molecular formula is C12H13FN4. The number of nitrogens with zero attached hydrogens (tertiary/aromatic N) is 2. The van der Waals surface area contributed by atoms with Gasteiger partial charge in [-0.3, -0.25) is 9.97 Å². The van der Waals surface area contributed by atoms with Crippen LogP contribution in [-0.4, -0.2) is 17.0 Å². The number of nitrogens with two attached hydrogens (primary N) is 1. The van der Waals surface area contributed by atoms with Crippen LogP contribution in [-0.2, 0) is 0 Å². The zero-order valence-electron chi connectivity index (χ0n) is 9.39. The molecule has 0 saturated heterocycles. The summed E-state index contributed by atoms with van der Waals surface area (Å²) in [5.41, 5.74) is 8.04. The van der Waals surface area contributed by atoms with E-state index in [-0.39, 0.29) is 11.9 Å². The lowest BCUT2D eigenvalue weighted by Crippen LogP contribution is -2.20. The van der Waals surface area contributed by atoms with E-state index >= 15 is 0 Å². The molecule has 0 aromatic carbocycles. The number of rotatable bonds is 3. The van der Waals surface area contributed by atoms with Crippen LogP contribution in [0.5, 0.6) is 0 Å². The van der Waals surface area contributed by atoms with Crippen molar-refractivity contribution in [1.29, 1.82) is 0 Å². The Morgan fingerprint density at radius 1 is 1.29 bits per heavy atom. The first kappa shape index (κ1) is 11.5. The van der Waals surface area contributed by atoms with Gasteiger partial charge in [-0.05, 0) is 25.2 Å². The maximum absolute atomic E-state index is 12.8. The number of nitrogen functional groups attached to an aromatic ring is 1. The van der Waals surface area contributed by atoms with Gasteiger partial charge in [0.2, 0.25) is 0 Å². The van der Waals surface area contributed by atoms with Gasteiger partial charge in [-0.1, -0.05) is 0 Å². The summed E-state index contributed by atoms with van der Waals surface area (Å²) >= 11 is 0. The van der Waals surface area contributed by atoms with Gasteiger partial charge in [0.1, 0.15) is 5.82 Å². The van der Waals surface area contributed by atoms with Crippen LogP contribution >= 0.6 is 0 Å². The van der Waals surface area contributed by atoms with E-state index in [1.807, 2.05) is 0 Å². The van der Waals surface area contributed by atoms with Crippen molar-refractivity contribution >= 4 is 5.69 Å². The van der Waals surface area contributed by atoms with Crippen LogP contribution in [0.1, 0.15) is 17.3 Å². The Bertz CT molecular complexity index is 498. The van der Waals surface area contributed by atoms with E-state index in [1.54, 1.807) is 31.6 Å². The second kappa shape index (κ2) is 4.88. The van der Waals surface area contributed by atoms with E-state index in [0.717, 1.165) is 5.56 Å². The number of nitrogens with one attached hydrogen (secondary N) is 1. The summed E-state index contributed by atoms with van der Waals surface area (Å²) in [5, 5.41) is 3.09. The first-order valence-electron chi connectivity index (χ1n) is 5.20. The molecule has 0 aliphatic rings. The molecule has 0 aliphatic carbocycles. The quantitative estimate of drug-likeness (QED) is 0.842. The van der Waals surface area contributed by atoms with Crippen molar-refractivity contribution in [3.8, 4) is 0 Å². The van der Waals surface area contributed by atoms with E-state index in [0.29, 0.717) is 11.4 Å². The number of aromatic nitrogens is 2. The van der Waals surface area contributed by atoms with Crippen molar-refractivity contribution in [3.05, 3.63) is 53.9 Å². The largest absolute Gasteiger partial charge is 0.398 e. The molecule has 1 unspecified atom stereocenters. The normalized spacial score (nSPS) is 12.4. The van der Waals surface area contributed by atoms with Gasteiger partial charge in [0.25, 0.3) is 0 Å². The van der Waals surface area contributed by atoms with Gasteiger partial charge in [-0.2, -0.15) is 0 Å². The monoisotopic (exact) mass is 232 g/mol. The fourth-order valence-electron chi connectivity index (χ4n) is 1.68. The Kier molecular flexibility index (Phi) is 3.30. The van der Waals surface area contributed by atoms with Crippen molar-refractivity contribution in [2.45, 2.75) is 6.04 Å². The summed E-state index contributed by atoms with van der Waals surface area (Å²) in [6, 6.07) is 4.54. The van der Waals surface area contributed by atoms with Crippen LogP contribution in [0.2, 0.25) is 0 Å². The van der Waals surface area contributed by atoms with Crippen LogP contribution in [0.25, 0.3) is 0 Å². The average molecular weight is 232 g/mol. The highest BCUT2D eigenvalue weighted by molar-refractivity contribution is 5.48. The van der Waals surface area contributed by atoms with Gasteiger partial charge in [0, 0.05) is 23.6 Å². The zero-order valence-corrected chi connectivity index (χ0v) is 9.39. The Morgan fingerprint density at radius 3 is 2.71 bits per heavy atom. The van der Waals surface area contributed by atoms with Gasteiger partial charge >= 0.3 is 0 Å². The number of pyridine rings is 2. The third kappa shape index (κ3) is 2.39. The lowest BCUT2D eigenvalue weighted by atomic mass is 10.0. The number of hydrogen-bond donors (Lipinski definition) is 2. The zero-order chi connectivity index (χ0) is 12.3. The van der Waals surface area contributed by atoms with Gasteiger partial charge in [0.15, 0.2) is 0 Å². The molecule has 5 heteroatoms. The Morgan fingerprint density at radius 2 is 2.12 bits per heavy atom. The Balaban J connectivity index is 2.40. The summed E-state index contributed by atoms with van der Waals surface area (Å²) in [7, 11) is 1.79. The minimum absolute atomic E-state index is 0.190. The molecular weight excluding hydrogens is 219 g/mol. The van der Waals surface area contributed by atoms with Crippen LogP contribution in [0.4, 0.5) is 10.1 Å². The van der Waals surface area contributed by atoms with Crippen molar-refractivity contribution in [3.63, 3.8) is 0 Å². The molecule has 1 atom stereocenters. The molecule has 17 heavy (non-hydrogen) atoms. The Labute approximate surface area is 98.7 Å². The fraction of sp³-hybridized carbons (Fsp3) is 0.167. The molecule has 4 nitrogen and oxygen atoms in total. The molecule has 88 valence electrons. The molecule has 0 amide bonds. The van der Waals surface area contributed by atoms with Crippen LogP contribution in [0.15, 0.2) is 36.8 Å². The van der Waals surface area contributed by atoms with E-state index in [4.69, 9.17) is 5.73 Å². The van der Waals surface area contributed by atoms with E-state index in [9.17, 15) is 4.39 Å². The van der Waals surface area contributed by atoms with Gasteiger partial charge < -0.3 is 11.1 Å². The van der Waals surface area contributed by atoms with Crippen molar-refractivity contribution in [2.24, 2.45) is 0 Å². The van der Waals surface area contributed by atoms with Gasteiger partial charge in [-0.15, -0.1) is 0 Å². The fourth-order valence-corrected chi connectivity index (χ4v) is 1.68. The average Bonchev–Trinajstić information content (AvgIpc) is 2.35. The second-order valence-electron chi connectivity index (χ2n) is 3.63. The highest BCUT2D eigenvalue weighted by atomic mass is 19.1. The summed E-state index contributed by atoms with van der Waals surface area (Å²) in [4.78, 5) is 8.08. The first-order chi connectivity index (χ1) is 8.22. The van der Waals surface area contributed by atoms with E-state index in [2.05, 4.69) is 15.3 Å². The smallest absolute Gasteiger partial charge is 0.141 e. The first-order valence-corrected chi connectivity index (χ1v) is 5.20. The molecule has 0 aliphatic heterocycles. The summed E-state index contributed by atoms with van der Waals surface area (Å²) in [6.07, 6.45) is 4.50. The van der Waals surface area contributed by atoms with Crippen molar-refractivity contribution < 1.29 is 4.39 Å². The molecule has 2 rings (SSSR count). The highest BCUT2D eigenvalue weighted by Gasteiger charge is 2.16. The predicted octanol–water partition coefficient (Wildman–Crippen LogP) is 1.51. The number of anilines is 1. The minimum atomic E-state index is -0.359. The van der Waals surface area contributed by atoms with E-state index < -0.39 is 0 Å². The topological polar surface area (TPSA) is 63.8 Å². The van der Waals surface area contributed by atoms with Crippen molar-refractivity contribution in [1.82, 2.24) is 15.3 Å².